The Morgan fingerprint density at radius 2 is 2.33 bits per heavy atom. The molecule has 64 valence electrons. The minimum absolute atomic E-state index is 0.0769. The molecule has 1 unspecified atom stereocenters. The molecule has 1 atom stereocenters. The van der Waals surface area contributed by atoms with E-state index in [-0.39, 0.29) is 5.56 Å². The smallest absolute Gasteiger partial charge is 0.343 e. The highest BCUT2D eigenvalue weighted by atomic mass is 19.1. The molecule has 0 amide bonds. The minimum Gasteiger partial charge on any atom is -0.479 e. The van der Waals surface area contributed by atoms with Crippen molar-refractivity contribution in [3.63, 3.8) is 0 Å². The number of aromatic nitrogens is 1. The first-order valence-corrected chi connectivity index (χ1v) is 3.40. The van der Waals surface area contributed by atoms with Gasteiger partial charge in [0.2, 0.25) is 6.17 Å². The number of halogens is 1. The first-order valence-electron chi connectivity index (χ1n) is 3.40. The van der Waals surface area contributed by atoms with E-state index in [0.29, 0.717) is 0 Å². The number of hydrogen-bond donors (Lipinski definition) is 1. The number of alkyl halides is 1. The maximum absolute atomic E-state index is 12.7. The molecular formula is C8H8FNO2. The number of aliphatic carboxylic acids is 1. The highest BCUT2D eigenvalue weighted by molar-refractivity contribution is 5.73. The van der Waals surface area contributed by atoms with Gasteiger partial charge in [-0.2, -0.15) is 0 Å². The van der Waals surface area contributed by atoms with E-state index < -0.39 is 12.1 Å². The lowest BCUT2D eigenvalue weighted by Gasteiger charge is -2.01. The van der Waals surface area contributed by atoms with Gasteiger partial charge < -0.3 is 5.11 Å². The van der Waals surface area contributed by atoms with Gasteiger partial charge in [-0.1, -0.05) is 6.07 Å². The van der Waals surface area contributed by atoms with Crippen LogP contribution in [0.1, 0.15) is 17.4 Å². The van der Waals surface area contributed by atoms with Crippen LogP contribution in [0.5, 0.6) is 0 Å². The third-order valence-electron chi connectivity index (χ3n) is 1.44. The summed E-state index contributed by atoms with van der Waals surface area (Å²) in [5, 5.41) is 8.30. The van der Waals surface area contributed by atoms with Gasteiger partial charge >= 0.3 is 5.97 Å². The standard InChI is InChI=1S/C8H8FNO2/c1-5-2-3-6(4-10-5)7(9)8(11)12/h2-4,7H,1H3,(H,11,12). The van der Waals surface area contributed by atoms with Gasteiger partial charge in [-0.3, -0.25) is 4.98 Å². The number of carbonyl (C=O) groups is 1. The number of rotatable bonds is 2. The van der Waals surface area contributed by atoms with Crippen LogP contribution in [0.3, 0.4) is 0 Å². The molecule has 0 aliphatic rings. The van der Waals surface area contributed by atoms with Crippen molar-refractivity contribution in [1.29, 1.82) is 0 Å². The van der Waals surface area contributed by atoms with Crippen molar-refractivity contribution in [1.82, 2.24) is 4.98 Å². The predicted octanol–water partition coefficient (Wildman–Crippen LogP) is 1.49. The second-order valence-corrected chi connectivity index (χ2v) is 2.43. The normalized spacial score (nSPS) is 12.5. The van der Waals surface area contributed by atoms with Crippen LogP contribution >= 0.6 is 0 Å². The van der Waals surface area contributed by atoms with E-state index in [2.05, 4.69) is 4.98 Å². The second-order valence-electron chi connectivity index (χ2n) is 2.43. The summed E-state index contributed by atoms with van der Waals surface area (Å²) in [4.78, 5) is 14.0. The molecule has 0 radical (unpaired) electrons. The Hall–Kier alpha value is -1.45. The summed E-state index contributed by atoms with van der Waals surface area (Å²) < 4.78 is 12.7. The Labute approximate surface area is 68.9 Å². The van der Waals surface area contributed by atoms with Crippen LogP contribution in [-0.4, -0.2) is 16.1 Å². The Kier molecular flexibility index (Phi) is 2.38. The van der Waals surface area contributed by atoms with E-state index in [9.17, 15) is 9.18 Å². The summed E-state index contributed by atoms with van der Waals surface area (Å²) in [6.45, 7) is 1.75. The number of aryl methyl sites for hydroxylation is 1. The zero-order valence-electron chi connectivity index (χ0n) is 6.49. The molecule has 1 N–H and O–H groups in total. The minimum atomic E-state index is -1.97. The molecule has 1 heterocycles. The van der Waals surface area contributed by atoms with Gasteiger partial charge in [0.25, 0.3) is 0 Å². The lowest BCUT2D eigenvalue weighted by molar-refractivity contribution is -0.143. The summed E-state index contributed by atoms with van der Waals surface area (Å²) in [7, 11) is 0. The van der Waals surface area contributed by atoms with Gasteiger partial charge in [0.15, 0.2) is 0 Å². The van der Waals surface area contributed by atoms with Crippen LogP contribution in [0.4, 0.5) is 4.39 Å². The molecular weight excluding hydrogens is 161 g/mol. The molecule has 0 aliphatic heterocycles. The van der Waals surface area contributed by atoms with E-state index in [1.165, 1.54) is 12.3 Å². The Morgan fingerprint density at radius 3 is 2.75 bits per heavy atom. The van der Waals surface area contributed by atoms with E-state index in [4.69, 9.17) is 5.11 Å². The van der Waals surface area contributed by atoms with Crippen LogP contribution in [0, 0.1) is 6.92 Å². The van der Waals surface area contributed by atoms with Crippen molar-refractivity contribution in [2.45, 2.75) is 13.1 Å². The summed E-state index contributed by atoms with van der Waals surface area (Å²) in [5.74, 6) is -1.49. The second kappa shape index (κ2) is 3.30. The number of pyridine rings is 1. The Bertz CT molecular complexity index is 284. The zero-order chi connectivity index (χ0) is 9.14. The van der Waals surface area contributed by atoms with Gasteiger partial charge in [-0.25, -0.2) is 9.18 Å². The van der Waals surface area contributed by atoms with Gasteiger partial charge in [-0.15, -0.1) is 0 Å². The van der Waals surface area contributed by atoms with Gasteiger partial charge in [0.05, 0.1) is 0 Å². The van der Waals surface area contributed by atoms with Crippen LogP contribution < -0.4 is 0 Å². The average molecular weight is 169 g/mol. The third kappa shape index (κ3) is 1.78. The lowest BCUT2D eigenvalue weighted by atomic mass is 10.2. The van der Waals surface area contributed by atoms with Crippen LogP contribution in [0.2, 0.25) is 0 Å². The summed E-state index contributed by atoms with van der Waals surface area (Å²) >= 11 is 0. The number of carboxylic acid groups (broad SMARTS) is 1. The fourth-order valence-corrected chi connectivity index (χ4v) is 0.772. The molecule has 1 aromatic rings. The number of nitrogens with zero attached hydrogens (tertiary/aromatic N) is 1. The first-order chi connectivity index (χ1) is 5.61. The van der Waals surface area contributed by atoms with Crippen molar-refractivity contribution in [2.24, 2.45) is 0 Å². The molecule has 0 aromatic carbocycles. The topological polar surface area (TPSA) is 50.2 Å². The Morgan fingerprint density at radius 1 is 1.67 bits per heavy atom. The number of carboxylic acids is 1. The molecule has 0 spiro atoms. The van der Waals surface area contributed by atoms with E-state index >= 15 is 0 Å². The zero-order valence-corrected chi connectivity index (χ0v) is 6.49. The summed E-state index contributed by atoms with van der Waals surface area (Å²) in [5.41, 5.74) is 0.810. The molecule has 0 fully saturated rings. The highest BCUT2D eigenvalue weighted by Crippen LogP contribution is 2.15. The molecule has 12 heavy (non-hydrogen) atoms. The largest absolute Gasteiger partial charge is 0.479 e. The molecule has 4 heteroatoms. The van der Waals surface area contributed by atoms with E-state index in [1.807, 2.05) is 0 Å². The van der Waals surface area contributed by atoms with Crippen molar-refractivity contribution in [2.75, 3.05) is 0 Å². The van der Waals surface area contributed by atoms with Gasteiger partial charge in [0.1, 0.15) is 0 Å². The van der Waals surface area contributed by atoms with Crippen molar-refractivity contribution >= 4 is 5.97 Å². The fourth-order valence-electron chi connectivity index (χ4n) is 0.772. The molecule has 0 saturated heterocycles. The van der Waals surface area contributed by atoms with Crippen LogP contribution in [0.25, 0.3) is 0 Å². The summed E-state index contributed by atoms with van der Waals surface area (Å²) in [6, 6.07) is 2.99. The van der Waals surface area contributed by atoms with Crippen molar-refractivity contribution in [3.8, 4) is 0 Å². The monoisotopic (exact) mass is 169 g/mol. The third-order valence-corrected chi connectivity index (χ3v) is 1.44. The lowest BCUT2D eigenvalue weighted by Crippen LogP contribution is -2.06. The molecule has 3 nitrogen and oxygen atoms in total. The average Bonchev–Trinajstić information content (AvgIpc) is 2.04. The van der Waals surface area contributed by atoms with Crippen molar-refractivity contribution in [3.05, 3.63) is 29.6 Å². The van der Waals surface area contributed by atoms with E-state index in [0.717, 1.165) is 5.69 Å². The summed E-state index contributed by atoms with van der Waals surface area (Å²) in [6.07, 6.45) is -0.744. The molecule has 0 saturated carbocycles. The Balaban J connectivity index is 2.89. The predicted molar refractivity (Wildman–Crippen MR) is 40.5 cm³/mol. The SMILES string of the molecule is Cc1ccc(C(F)C(=O)O)cn1. The molecule has 0 aliphatic carbocycles. The molecule has 1 aromatic heterocycles. The fraction of sp³-hybridized carbons (Fsp3) is 0.250. The maximum atomic E-state index is 12.7. The van der Waals surface area contributed by atoms with E-state index in [1.54, 1.807) is 13.0 Å². The molecule has 0 bridgehead atoms. The van der Waals surface area contributed by atoms with Crippen molar-refractivity contribution < 1.29 is 14.3 Å². The van der Waals surface area contributed by atoms with Gasteiger partial charge in [-0.05, 0) is 13.0 Å². The quantitative estimate of drug-likeness (QED) is 0.729. The van der Waals surface area contributed by atoms with Crippen LogP contribution in [0.15, 0.2) is 18.3 Å². The van der Waals surface area contributed by atoms with Gasteiger partial charge in [0, 0.05) is 17.5 Å². The van der Waals surface area contributed by atoms with Crippen LogP contribution in [-0.2, 0) is 4.79 Å². The number of hydrogen-bond acceptors (Lipinski definition) is 2. The maximum Gasteiger partial charge on any atom is 0.343 e. The molecule has 1 rings (SSSR count). The highest BCUT2D eigenvalue weighted by Gasteiger charge is 2.17. The first kappa shape index (κ1) is 8.64.